The van der Waals surface area contributed by atoms with Gasteiger partial charge in [0.05, 0.1) is 5.69 Å². The molecule has 1 heterocycles. The first-order valence-electron chi connectivity index (χ1n) is 5.08. The summed E-state index contributed by atoms with van der Waals surface area (Å²) in [6, 6.07) is 11.2. The van der Waals surface area contributed by atoms with Crippen molar-refractivity contribution in [2.75, 3.05) is 5.43 Å². The van der Waals surface area contributed by atoms with Gasteiger partial charge in [0.2, 0.25) is 0 Å². The van der Waals surface area contributed by atoms with E-state index in [0.717, 1.165) is 11.3 Å². The minimum atomic E-state index is -0.534. The minimum absolute atomic E-state index is 0.534. The maximum Gasteiger partial charge on any atom is 0.432 e. The lowest BCUT2D eigenvalue weighted by Gasteiger charge is -2.07. The van der Waals surface area contributed by atoms with Gasteiger partial charge >= 0.3 is 6.09 Å². The molecular weight excluding hydrogens is 236 g/mol. The molecule has 88 valence electrons. The topological polar surface area (TPSA) is 50.4 Å². The Morgan fingerprint density at radius 3 is 2.65 bits per heavy atom. The number of thiophene rings is 1. The van der Waals surface area contributed by atoms with Crippen LogP contribution < -0.4 is 15.6 Å². The molecule has 4 nitrogen and oxygen atoms in total. The summed E-state index contributed by atoms with van der Waals surface area (Å²) >= 11 is 1.36. The van der Waals surface area contributed by atoms with Gasteiger partial charge in [-0.05, 0) is 36.6 Å². The van der Waals surface area contributed by atoms with E-state index in [1.54, 1.807) is 6.07 Å². The van der Waals surface area contributed by atoms with Gasteiger partial charge in [0.1, 0.15) is 0 Å². The van der Waals surface area contributed by atoms with E-state index in [9.17, 15) is 4.79 Å². The zero-order chi connectivity index (χ0) is 12.1. The number of rotatable bonds is 3. The Morgan fingerprint density at radius 2 is 2.00 bits per heavy atom. The number of aryl methyl sites for hydroxylation is 1. The lowest BCUT2D eigenvalue weighted by molar-refractivity contribution is 0.204. The van der Waals surface area contributed by atoms with Gasteiger partial charge in [0.15, 0.2) is 5.06 Å². The summed E-state index contributed by atoms with van der Waals surface area (Å²) < 4.78 is 5.01. The Bertz CT molecular complexity index is 480. The Morgan fingerprint density at radius 1 is 1.24 bits per heavy atom. The second kappa shape index (κ2) is 5.36. The zero-order valence-electron chi connectivity index (χ0n) is 9.27. The van der Waals surface area contributed by atoms with E-state index in [-0.39, 0.29) is 0 Å². The van der Waals surface area contributed by atoms with Gasteiger partial charge in [-0.15, -0.1) is 11.3 Å². The van der Waals surface area contributed by atoms with Gasteiger partial charge in [-0.1, -0.05) is 17.7 Å². The molecule has 0 unspecified atom stereocenters. The zero-order valence-corrected chi connectivity index (χ0v) is 10.1. The van der Waals surface area contributed by atoms with Crippen molar-refractivity contribution in [2.24, 2.45) is 0 Å². The molecule has 0 aliphatic carbocycles. The van der Waals surface area contributed by atoms with Crippen molar-refractivity contribution in [1.29, 1.82) is 0 Å². The van der Waals surface area contributed by atoms with Crippen molar-refractivity contribution in [3.05, 3.63) is 47.3 Å². The number of carbonyl (C=O) groups is 1. The summed E-state index contributed by atoms with van der Waals surface area (Å²) in [6.07, 6.45) is -0.534. The highest BCUT2D eigenvalue weighted by Crippen LogP contribution is 2.18. The summed E-state index contributed by atoms with van der Waals surface area (Å²) in [5.41, 5.74) is 7.18. The number of nitrogens with one attached hydrogen (secondary N) is 2. The van der Waals surface area contributed by atoms with Crippen molar-refractivity contribution in [3.63, 3.8) is 0 Å². The standard InChI is InChI=1S/C12H12N2O2S/c1-9-4-6-10(7-5-9)13-14-12(15)16-11-3-2-8-17-11/h2-8,13H,1H3,(H,14,15). The molecule has 0 saturated heterocycles. The molecule has 2 aromatic rings. The monoisotopic (exact) mass is 248 g/mol. The number of hydrogen-bond donors (Lipinski definition) is 2. The second-order valence-corrected chi connectivity index (χ2v) is 4.35. The molecule has 1 amide bonds. The van der Waals surface area contributed by atoms with Crippen LogP contribution in [0.5, 0.6) is 5.06 Å². The summed E-state index contributed by atoms with van der Waals surface area (Å²) in [4.78, 5) is 11.4. The third-order valence-electron chi connectivity index (χ3n) is 2.05. The SMILES string of the molecule is Cc1ccc(NNC(=O)Oc2cccs2)cc1. The van der Waals surface area contributed by atoms with Crippen molar-refractivity contribution >= 4 is 23.1 Å². The van der Waals surface area contributed by atoms with Crippen molar-refractivity contribution < 1.29 is 9.53 Å². The molecule has 0 spiro atoms. The number of carbonyl (C=O) groups excluding carboxylic acids is 1. The van der Waals surface area contributed by atoms with Gasteiger partial charge in [-0.25, -0.2) is 10.2 Å². The summed E-state index contributed by atoms with van der Waals surface area (Å²) in [5.74, 6) is 0. The molecule has 0 radical (unpaired) electrons. The van der Waals surface area contributed by atoms with Crippen LogP contribution in [0, 0.1) is 6.92 Å². The van der Waals surface area contributed by atoms with E-state index in [1.165, 1.54) is 11.3 Å². The first-order valence-corrected chi connectivity index (χ1v) is 5.96. The number of hydrogen-bond acceptors (Lipinski definition) is 4. The van der Waals surface area contributed by atoms with Crippen LogP contribution in [0.15, 0.2) is 41.8 Å². The quantitative estimate of drug-likeness (QED) is 0.820. The number of anilines is 1. The Hall–Kier alpha value is -2.01. The Kier molecular flexibility index (Phi) is 3.62. The van der Waals surface area contributed by atoms with Crippen LogP contribution in [0.2, 0.25) is 0 Å². The number of ether oxygens (including phenoxy) is 1. The largest absolute Gasteiger partial charge is 0.432 e. The summed E-state index contributed by atoms with van der Waals surface area (Å²) in [6.45, 7) is 2.00. The van der Waals surface area contributed by atoms with E-state index in [2.05, 4.69) is 10.9 Å². The average Bonchev–Trinajstić information content (AvgIpc) is 2.81. The smallest absolute Gasteiger partial charge is 0.398 e. The molecule has 0 bridgehead atoms. The van der Waals surface area contributed by atoms with Crippen LogP contribution in [-0.4, -0.2) is 6.09 Å². The molecule has 0 saturated carbocycles. The van der Waals surface area contributed by atoms with Gasteiger partial charge < -0.3 is 4.74 Å². The van der Waals surface area contributed by atoms with Crippen LogP contribution in [0.25, 0.3) is 0 Å². The highest BCUT2D eigenvalue weighted by Gasteiger charge is 2.03. The molecular formula is C12H12N2O2S. The maximum atomic E-state index is 11.4. The first kappa shape index (κ1) is 11.5. The van der Waals surface area contributed by atoms with E-state index in [4.69, 9.17) is 4.74 Å². The summed E-state index contributed by atoms with van der Waals surface area (Å²) in [7, 11) is 0. The van der Waals surface area contributed by atoms with E-state index in [0.29, 0.717) is 5.06 Å². The minimum Gasteiger partial charge on any atom is -0.398 e. The first-order chi connectivity index (χ1) is 8.24. The normalized spacial score (nSPS) is 9.71. The molecule has 1 aromatic heterocycles. The van der Waals surface area contributed by atoms with Gasteiger partial charge in [0.25, 0.3) is 0 Å². The lowest BCUT2D eigenvalue weighted by Crippen LogP contribution is -2.31. The molecule has 0 aliphatic heterocycles. The predicted molar refractivity (Wildman–Crippen MR) is 68.3 cm³/mol. The van der Waals surface area contributed by atoms with E-state index < -0.39 is 6.09 Å². The fourth-order valence-electron chi connectivity index (χ4n) is 1.20. The van der Waals surface area contributed by atoms with Crippen LogP contribution in [0.3, 0.4) is 0 Å². The average molecular weight is 248 g/mol. The van der Waals surface area contributed by atoms with Crippen LogP contribution in [0.1, 0.15) is 5.56 Å². The third-order valence-corrected chi connectivity index (χ3v) is 2.79. The Labute approximate surface area is 103 Å². The summed E-state index contributed by atoms with van der Waals surface area (Å²) in [5, 5.41) is 2.41. The van der Waals surface area contributed by atoms with Gasteiger partial charge in [-0.3, -0.25) is 5.43 Å². The highest BCUT2D eigenvalue weighted by atomic mass is 32.1. The van der Waals surface area contributed by atoms with Crippen LogP contribution in [-0.2, 0) is 0 Å². The van der Waals surface area contributed by atoms with Crippen LogP contribution >= 0.6 is 11.3 Å². The van der Waals surface area contributed by atoms with Gasteiger partial charge in [0, 0.05) is 0 Å². The molecule has 0 fully saturated rings. The number of amides is 1. The third kappa shape index (κ3) is 3.49. The van der Waals surface area contributed by atoms with Crippen LogP contribution in [0.4, 0.5) is 10.5 Å². The van der Waals surface area contributed by atoms with Crippen molar-refractivity contribution in [1.82, 2.24) is 5.43 Å². The molecule has 1 aromatic carbocycles. The highest BCUT2D eigenvalue weighted by molar-refractivity contribution is 7.11. The second-order valence-electron chi connectivity index (χ2n) is 3.44. The fourth-order valence-corrected chi connectivity index (χ4v) is 1.77. The molecule has 2 rings (SSSR count). The molecule has 0 atom stereocenters. The molecule has 2 N–H and O–H groups in total. The van der Waals surface area contributed by atoms with E-state index >= 15 is 0 Å². The number of benzene rings is 1. The Balaban J connectivity index is 1.82. The fraction of sp³-hybridized carbons (Fsp3) is 0.0833. The van der Waals surface area contributed by atoms with Crippen molar-refractivity contribution in [2.45, 2.75) is 6.92 Å². The maximum absolute atomic E-state index is 11.4. The lowest BCUT2D eigenvalue weighted by atomic mass is 10.2. The van der Waals surface area contributed by atoms with Gasteiger partial charge in [-0.2, -0.15) is 0 Å². The predicted octanol–water partition coefficient (Wildman–Crippen LogP) is 3.17. The van der Waals surface area contributed by atoms with E-state index in [1.807, 2.05) is 42.6 Å². The molecule has 5 heteroatoms. The molecule has 0 aliphatic rings. The number of hydrazine groups is 1. The molecule has 17 heavy (non-hydrogen) atoms. The van der Waals surface area contributed by atoms with Crippen molar-refractivity contribution in [3.8, 4) is 5.06 Å².